The Morgan fingerprint density at radius 3 is 2.86 bits per heavy atom. The van der Waals surface area contributed by atoms with Gasteiger partial charge in [0.25, 0.3) is 5.91 Å². The molecule has 2 aromatic carbocycles. The molecule has 0 bridgehead atoms. The lowest BCUT2D eigenvalue weighted by molar-refractivity contribution is -0.125. The zero-order valence-electron chi connectivity index (χ0n) is 15.7. The molecule has 2 aromatic rings. The number of anilines is 1. The van der Waals surface area contributed by atoms with Gasteiger partial charge in [-0.15, -0.1) is 0 Å². The Morgan fingerprint density at radius 2 is 2.14 bits per heavy atom. The van der Waals surface area contributed by atoms with Gasteiger partial charge in [0.15, 0.2) is 0 Å². The van der Waals surface area contributed by atoms with Crippen LogP contribution in [0.5, 0.6) is 0 Å². The standard InChI is InChI=1S/C16H13ClN2O2/c1-19-13-8-7-11(17)9-12(13)14(18-15(20)16(19)21)10-5-3-2-4-6-10/h2-9,15,20H,1H3/i1D3,7D,8D. The van der Waals surface area contributed by atoms with Crippen LogP contribution >= 0.6 is 11.6 Å². The van der Waals surface area contributed by atoms with E-state index >= 15 is 0 Å². The predicted molar refractivity (Wildman–Crippen MR) is 82.9 cm³/mol. The van der Waals surface area contributed by atoms with Crippen LogP contribution in [0.1, 0.15) is 18.0 Å². The molecule has 0 radical (unpaired) electrons. The predicted octanol–water partition coefficient (Wildman–Crippen LogP) is 2.47. The molecule has 5 heteroatoms. The number of halogens is 1. The van der Waals surface area contributed by atoms with E-state index in [1.54, 1.807) is 30.3 Å². The number of hydrogen-bond donors (Lipinski definition) is 1. The first-order chi connectivity index (χ1) is 12.1. The van der Waals surface area contributed by atoms with E-state index in [0.717, 1.165) is 0 Å². The number of aliphatic imine (C=N–C) groups is 1. The molecule has 1 heterocycles. The minimum absolute atomic E-state index is 0.0863. The zero-order valence-corrected chi connectivity index (χ0v) is 11.4. The molecule has 4 nitrogen and oxygen atoms in total. The second-order valence-electron chi connectivity index (χ2n) is 4.40. The minimum Gasteiger partial charge on any atom is -0.364 e. The van der Waals surface area contributed by atoms with Crippen molar-refractivity contribution in [3.8, 4) is 0 Å². The number of fused-ring (bicyclic) bond motifs is 1. The zero-order chi connectivity index (χ0) is 19.2. The fourth-order valence-corrected chi connectivity index (χ4v) is 2.23. The first kappa shape index (κ1) is 8.97. The van der Waals surface area contributed by atoms with Crippen molar-refractivity contribution in [2.24, 2.45) is 4.99 Å². The fourth-order valence-electron chi connectivity index (χ4n) is 2.07. The molecule has 0 fully saturated rings. The number of rotatable bonds is 1. The lowest BCUT2D eigenvalue weighted by atomic mass is 10.0. The second-order valence-corrected chi connectivity index (χ2v) is 4.80. The minimum atomic E-state index is -2.98. The van der Waals surface area contributed by atoms with Gasteiger partial charge in [-0.1, -0.05) is 41.9 Å². The smallest absolute Gasteiger partial charge is 0.278 e. The van der Waals surface area contributed by atoms with Crippen LogP contribution in [0.25, 0.3) is 0 Å². The van der Waals surface area contributed by atoms with Crippen LogP contribution in [-0.4, -0.2) is 29.9 Å². The van der Waals surface area contributed by atoms with Crippen molar-refractivity contribution < 1.29 is 16.8 Å². The van der Waals surface area contributed by atoms with Crippen LogP contribution in [0.2, 0.25) is 5.02 Å². The van der Waals surface area contributed by atoms with Crippen LogP contribution in [0.4, 0.5) is 5.69 Å². The van der Waals surface area contributed by atoms with E-state index in [4.69, 9.17) is 18.5 Å². The molecule has 1 unspecified atom stereocenters. The van der Waals surface area contributed by atoms with Crippen molar-refractivity contribution in [2.75, 3.05) is 11.9 Å². The normalized spacial score (nSPS) is 22.1. The Morgan fingerprint density at radius 1 is 1.38 bits per heavy atom. The van der Waals surface area contributed by atoms with Gasteiger partial charge < -0.3 is 10.0 Å². The Hall–Kier alpha value is -2.17. The maximum absolute atomic E-state index is 12.5. The van der Waals surface area contributed by atoms with Gasteiger partial charge in [-0.2, -0.15) is 0 Å². The van der Waals surface area contributed by atoms with Gasteiger partial charge >= 0.3 is 0 Å². The third kappa shape index (κ3) is 2.44. The van der Waals surface area contributed by atoms with Crippen molar-refractivity contribution in [1.29, 1.82) is 0 Å². The van der Waals surface area contributed by atoms with E-state index < -0.39 is 31.2 Å². The third-order valence-electron chi connectivity index (χ3n) is 3.05. The Bertz CT molecular complexity index is 915. The van der Waals surface area contributed by atoms with E-state index in [0.29, 0.717) is 10.5 Å². The summed E-state index contributed by atoms with van der Waals surface area (Å²) in [6.45, 7) is -2.98. The molecule has 1 amide bonds. The van der Waals surface area contributed by atoms with Gasteiger partial charge in [0, 0.05) is 27.2 Å². The summed E-state index contributed by atoms with van der Waals surface area (Å²) in [5.41, 5.74) is 0.372. The summed E-state index contributed by atoms with van der Waals surface area (Å²) >= 11 is 6.02. The summed E-state index contributed by atoms with van der Waals surface area (Å²) in [7, 11) is 0. The summed E-state index contributed by atoms with van der Waals surface area (Å²) in [6, 6.07) is 8.83. The van der Waals surface area contributed by atoms with Crippen molar-refractivity contribution in [3.63, 3.8) is 0 Å². The van der Waals surface area contributed by atoms with Gasteiger partial charge in [-0.05, 0) is 18.2 Å². The number of benzodiazepines with no additional fused rings is 1. The van der Waals surface area contributed by atoms with Gasteiger partial charge in [0.2, 0.25) is 6.23 Å². The van der Waals surface area contributed by atoms with Gasteiger partial charge in [0.1, 0.15) is 0 Å². The highest BCUT2D eigenvalue weighted by Gasteiger charge is 2.28. The molecule has 0 saturated carbocycles. The number of carbonyl (C=O) groups excluding carboxylic acids is 1. The third-order valence-corrected chi connectivity index (χ3v) is 3.25. The number of aliphatic hydroxyl groups is 1. The number of benzene rings is 2. The highest BCUT2D eigenvalue weighted by Crippen LogP contribution is 2.29. The molecule has 1 aliphatic heterocycles. The quantitative estimate of drug-likeness (QED) is 0.880. The van der Waals surface area contributed by atoms with E-state index in [2.05, 4.69) is 4.99 Å². The summed E-state index contributed by atoms with van der Waals surface area (Å²) in [4.78, 5) is 16.8. The molecule has 1 atom stereocenters. The summed E-state index contributed by atoms with van der Waals surface area (Å²) in [6.07, 6.45) is -1.97. The largest absolute Gasteiger partial charge is 0.364 e. The topological polar surface area (TPSA) is 52.9 Å². The fraction of sp³-hybridized carbons (Fsp3) is 0.125. The highest BCUT2D eigenvalue weighted by atomic mass is 35.5. The van der Waals surface area contributed by atoms with E-state index in [-0.39, 0.29) is 22.0 Å². The molecule has 0 aliphatic carbocycles. The number of nitrogens with zero attached hydrogens (tertiary/aromatic N) is 2. The van der Waals surface area contributed by atoms with Crippen LogP contribution in [0.3, 0.4) is 0 Å². The van der Waals surface area contributed by atoms with Gasteiger partial charge in [-0.3, -0.25) is 4.79 Å². The maximum atomic E-state index is 12.5. The Labute approximate surface area is 134 Å². The highest BCUT2D eigenvalue weighted by molar-refractivity contribution is 6.32. The van der Waals surface area contributed by atoms with Crippen LogP contribution in [-0.2, 0) is 4.79 Å². The van der Waals surface area contributed by atoms with Crippen LogP contribution < -0.4 is 4.90 Å². The molecule has 0 saturated heterocycles. The van der Waals surface area contributed by atoms with Gasteiger partial charge in [0.05, 0.1) is 14.1 Å². The second kappa shape index (κ2) is 5.31. The first-order valence-corrected chi connectivity index (χ1v) is 6.46. The van der Waals surface area contributed by atoms with Crippen LogP contribution in [0, 0.1) is 0 Å². The van der Waals surface area contributed by atoms with Crippen molar-refractivity contribution in [1.82, 2.24) is 0 Å². The molecule has 106 valence electrons. The average molecular weight is 306 g/mol. The van der Waals surface area contributed by atoms with Crippen molar-refractivity contribution in [2.45, 2.75) is 6.23 Å². The molecule has 3 rings (SSSR count). The van der Waals surface area contributed by atoms with Crippen LogP contribution in [0.15, 0.2) is 53.5 Å². The summed E-state index contributed by atoms with van der Waals surface area (Å²) in [5, 5.41) is 10.1. The first-order valence-electron chi connectivity index (χ1n) is 8.58. The average Bonchev–Trinajstić information content (AvgIpc) is 2.69. The number of hydrogen-bond acceptors (Lipinski definition) is 3. The lowest BCUT2D eigenvalue weighted by Crippen LogP contribution is -2.34. The SMILES string of the molecule is [2H]c1c(Cl)cc2c(c1[2H])N(C([2H])([2H])[2H])C(=O)C(O)N=C2c1ccccc1. The molecule has 0 spiro atoms. The van der Waals surface area contributed by atoms with E-state index in [9.17, 15) is 9.90 Å². The lowest BCUT2D eigenvalue weighted by Gasteiger charge is -2.18. The molecular formula is C16H13ClN2O2. The van der Waals surface area contributed by atoms with Crippen molar-refractivity contribution in [3.05, 3.63) is 64.6 Å². The molecule has 21 heavy (non-hydrogen) atoms. The molecule has 1 aliphatic rings. The molecular weight excluding hydrogens is 288 g/mol. The molecule has 0 aromatic heterocycles. The monoisotopic (exact) mass is 305 g/mol. The number of aliphatic hydroxyl groups excluding tert-OH is 1. The Balaban J connectivity index is 2.41. The number of likely N-dealkylation sites (N-methyl/N-ethyl adjacent to an activating group) is 1. The maximum Gasteiger partial charge on any atom is 0.278 e. The number of carbonyl (C=O) groups is 1. The molecule has 1 N–H and O–H groups in total. The summed E-state index contributed by atoms with van der Waals surface area (Å²) < 4.78 is 39.1. The van der Waals surface area contributed by atoms with E-state index in [1.165, 1.54) is 6.07 Å². The van der Waals surface area contributed by atoms with Gasteiger partial charge in [-0.25, -0.2) is 4.99 Å². The Kier molecular flexibility index (Phi) is 2.27. The summed E-state index contributed by atoms with van der Waals surface area (Å²) in [5.74, 6) is -1.20. The van der Waals surface area contributed by atoms with Crippen molar-refractivity contribution >= 4 is 28.9 Å². The van der Waals surface area contributed by atoms with E-state index in [1.807, 2.05) is 0 Å². The number of amides is 1.